The molecule has 3 nitrogen and oxygen atoms in total. The van der Waals surface area contributed by atoms with E-state index in [0.717, 1.165) is 33.7 Å². The summed E-state index contributed by atoms with van der Waals surface area (Å²) in [5.41, 5.74) is 14.2. The average Bonchev–Trinajstić information content (AvgIpc) is 3.39. The van der Waals surface area contributed by atoms with Crippen molar-refractivity contribution in [1.82, 2.24) is 0 Å². The third kappa shape index (κ3) is 3.89. The average molecular weight is 559 g/mol. The molecule has 0 atom stereocenters. The predicted octanol–water partition coefficient (Wildman–Crippen LogP) is 8.94. The molecule has 8 rings (SSSR count). The monoisotopic (exact) mass is 558 g/mol. The van der Waals surface area contributed by atoms with Crippen LogP contribution in [0.3, 0.4) is 0 Å². The van der Waals surface area contributed by atoms with Gasteiger partial charge in [-0.05, 0) is 88.0 Å². The second-order valence-corrected chi connectivity index (χ2v) is 13.2. The van der Waals surface area contributed by atoms with Gasteiger partial charge in [-0.3, -0.25) is 0 Å². The van der Waals surface area contributed by atoms with E-state index in [0.29, 0.717) is 5.92 Å². The van der Waals surface area contributed by atoms with Gasteiger partial charge in [0.25, 0.3) is 6.71 Å². The Kier molecular flexibility index (Phi) is 5.68. The minimum atomic E-state index is -0.0194. The maximum atomic E-state index is 6.96. The molecule has 0 spiro atoms. The lowest BCUT2D eigenvalue weighted by Crippen LogP contribution is -2.60. The van der Waals surface area contributed by atoms with Crippen molar-refractivity contribution in [2.45, 2.75) is 46.0 Å². The summed E-state index contributed by atoms with van der Waals surface area (Å²) in [6.07, 6.45) is 0. The van der Waals surface area contributed by atoms with Gasteiger partial charge in [0.2, 0.25) is 0 Å². The molecular formula is C39H35BN2O. The molecule has 0 fully saturated rings. The Morgan fingerprint density at radius 1 is 0.651 bits per heavy atom. The van der Waals surface area contributed by atoms with Gasteiger partial charge < -0.3 is 14.2 Å². The Morgan fingerprint density at radius 2 is 1.30 bits per heavy atom. The van der Waals surface area contributed by atoms with Gasteiger partial charge in [-0.2, -0.15) is 0 Å². The van der Waals surface area contributed by atoms with E-state index in [2.05, 4.69) is 160 Å². The van der Waals surface area contributed by atoms with Crippen molar-refractivity contribution >= 4 is 68.4 Å². The second kappa shape index (κ2) is 9.41. The summed E-state index contributed by atoms with van der Waals surface area (Å²) in [5, 5.41) is 1.16. The van der Waals surface area contributed by atoms with Crippen LogP contribution in [0.4, 0.5) is 34.1 Å². The second-order valence-electron chi connectivity index (χ2n) is 13.2. The molecule has 2 aliphatic rings. The quantitative estimate of drug-likeness (QED) is 0.202. The van der Waals surface area contributed by atoms with Crippen LogP contribution in [-0.4, -0.2) is 6.71 Å². The van der Waals surface area contributed by atoms with Crippen LogP contribution < -0.4 is 26.4 Å². The zero-order valence-corrected chi connectivity index (χ0v) is 25.4. The van der Waals surface area contributed by atoms with Crippen molar-refractivity contribution in [3.8, 4) is 0 Å². The van der Waals surface area contributed by atoms with E-state index in [9.17, 15) is 0 Å². The summed E-state index contributed by atoms with van der Waals surface area (Å²) in [7, 11) is 0. The van der Waals surface area contributed by atoms with Crippen LogP contribution in [-0.2, 0) is 5.41 Å². The Labute approximate surface area is 254 Å². The molecule has 3 heterocycles. The largest absolute Gasteiger partial charge is 0.468 e. The van der Waals surface area contributed by atoms with Crippen molar-refractivity contribution < 1.29 is 4.42 Å². The number of fused-ring (bicyclic) bond motifs is 6. The lowest BCUT2D eigenvalue weighted by atomic mass is 9.35. The first kappa shape index (κ1) is 26.0. The smallest absolute Gasteiger partial charge is 0.297 e. The maximum Gasteiger partial charge on any atom is 0.297 e. The van der Waals surface area contributed by atoms with Crippen molar-refractivity contribution in [3.63, 3.8) is 0 Å². The number of furan rings is 1. The molecule has 1 aromatic heterocycles. The molecular weight excluding hydrogens is 523 g/mol. The van der Waals surface area contributed by atoms with Gasteiger partial charge in [-0.25, -0.2) is 0 Å². The highest BCUT2D eigenvalue weighted by atomic mass is 16.3. The summed E-state index contributed by atoms with van der Waals surface area (Å²) in [5.74, 6) is 0.472. The number of nitrogens with zero attached hydrogens (tertiary/aromatic N) is 2. The molecule has 0 radical (unpaired) electrons. The van der Waals surface area contributed by atoms with Crippen LogP contribution in [0.25, 0.3) is 11.0 Å². The first-order chi connectivity index (χ1) is 20.8. The topological polar surface area (TPSA) is 19.6 Å². The van der Waals surface area contributed by atoms with Crippen LogP contribution in [0.1, 0.15) is 51.7 Å². The van der Waals surface area contributed by atoms with E-state index in [1.54, 1.807) is 0 Å². The minimum absolute atomic E-state index is 0.0194. The molecule has 5 aromatic carbocycles. The lowest BCUT2D eigenvalue weighted by Gasteiger charge is -2.42. The van der Waals surface area contributed by atoms with Gasteiger partial charge in [0, 0.05) is 33.8 Å². The number of anilines is 6. The fourth-order valence-electron chi connectivity index (χ4n) is 6.97. The molecule has 4 heteroatoms. The molecule has 0 saturated carbocycles. The Balaban J connectivity index is 1.47. The number of benzene rings is 5. The van der Waals surface area contributed by atoms with Crippen molar-refractivity contribution in [1.29, 1.82) is 0 Å². The zero-order valence-electron chi connectivity index (χ0n) is 25.4. The van der Waals surface area contributed by atoms with E-state index >= 15 is 0 Å². The van der Waals surface area contributed by atoms with E-state index < -0.39 is 0 Å². The van der Waals surface area contributed by atoms with Gasteiger partial charge in [0.05, 0.1) is 11.3 Å². The molecule has 0 N–H and O–H groups in total. The normalized spacial score (nSPS) is 13.8. The SMILES string of the molecule is CC(C)c1ccc(N2c3cccc4c3B(c3ccccc3N4c3ccccc3)c3oc4ccc(C(C)(C)C)cc4c32)cc1. The zero-order chi connectivity index (χ0) is 29.5. The van der Waals surface area contributed by atoms with E-state index in [1.165, 1.54) is 39.1 Å². The molecule has 0 amide bonds. The Bertz CT molecular complexity index is 2000. The molecule has 0 bridgehead atoms. The summed E-state index contributed by atoms with van der Waals surface area (Å²) in [6.45, 7) is 11.3. The maximum absolute atomic E-state index is 6.96. The molecule has 210 valence electrons. The number of hydrogen-bond donors (Lipinski definition) is 0. The van der Waals surface area contributed by atoms with Crippen molar-refractivity contribution in [2.75, 3.05) is 9.80 Å². The van der Waals surface area contributed by atoms with Crippen LogP contribution in [0.2, 0.25) is 0 Å². The van der Waals surface area contributed by atoms with Crippen molar-refractivity contribution in [2.24, 2.45) is 0 Å². The summed E-state index contributed by atoms with van der Waals surface area (Å²) in [6, 6.07) is 42.1. The summed E-state index contributed by atoms with van der Waals surface area (Å²) in [4.78, 5) is 4.86. The van der Waals surface area contributed by atoms with Gasteiger partial charge in [-0.15, -0.1) is 0 Å². The highest BCUT2D eigenvalue weighted by molar-refractivity contribution is 6.99. The van der Waals surface area contributed by atoms with Gasteiger partial charge in [-0.1, -0.05) is 95.3 Å². The highest BCUT2D eigenvalue weighted by Gasteiger charge is 2.46. The van der Waals surface area contributed by atoms with E-state index in [-0.39, 0.29) is 12.1 Å². The summed E-state index contributed by atoms with van der Waals surface area (Å²) < 4.78 is 6.96. The standard InChI is InChI=1S/C39H35BN2O/c1-25(2)26-18-21-29(22-19-26)42-34-17-11-16-33-36(34)40(31-14-9-10-15-32(31)41(33)28-12-7-6-8-13-28)38-37(42)30-24-27(39(3,4)5)20-23-35(30)43-38/h6-25H,1-5H3. The van der Waals surface area contributed by atoms with Gasteiger partial charge >= 0.3 is 0 Å². The first-order valence-corrected chi connectivity index (χ1v) is 15.4. The minimum Gasteiger partial charge on any atom is -0.468 e. The molecule has 0 aliphatic carbocycles. The Hall–Kier alpha value is -4.70. The fourth-order valence-corrected chi connectivity index (χ4v) is 6.97. The molecule has 0 saturated heterocycles. The fraction of sp³-hybridized carbons (Fsp3) is 0.179. The third-order valence-corrected chi connectivity index (χ3v) is 9.19. The van der Waals surface area contributed by atoms with Crippen LogP contribution >= 0.6 is 0 Å². The third-order valence-electron chi connectivity index (χ3n) is 9.19. The van der Waals surface area contributed by atoms with Gasteiger partial charge in [0.1, 0.15) is 5.58 Å². The molecule has 2 aliphatic heterocycles. The molecule has 6 aromatic rings. The van der Waals surface area contributed by atoms with E-state index in [1.807, 2.05) is 0 Å². The Morgan fingerprint density at radius 3 is 2.02 bits per heavy atom. The highest BCUT2D eigenvalue weighted by Crippen LogP contribution is 2.46. The van der Waals surface area contributed by atoms with Crippen LogP contribution in [0.5, 0.6) is 0 Å². The van der Waals surface area contributed by atoms with Crippen LogP contribution in [0.15, 0.2) is 120 Å². The van der Waals surface area contributed by atoms with Crippen molar-refractivity contribution in [3.05, 3.63) is 126 Å². The number of hydrogen-bond acceptors (Lipinski definition) is 3. The lowest BCUT2D eigenvalue weighted by molar-refractivity contribution is 0.590. The summed E-state index contributed by atoms with van der Waals surface area (Å²) >= 11 is 0. The predicted molar refractivity (Wildman–Crippen MR) is 183 cm³/mol. The van der Waals surface area contributed by atoms with Gasteiger partial charge in [0.15, 0.2) is 0 Å². The molecule has 43 heavy (non-hydrogen) atoms. The van der Waals surface area contributed by atoms with E-state index in [4.69, 9.17) is 4.42 Å². The number of para-hydroxylation sites is 2. The van der Waals surface area contributed by atoms with Crippen LogP contribution in [0, 0.1) is 0 Å². The molecule has 0 unspecified atom stereocenters. The number of rotatable bonds is 3. The first-order valence-electron chi connectivity index (χ1n) is 15.4.